The molecular weight excluding hydrogens is 236 g/mol. The minimum Gasteiger partial charge on any atom is -0.327 e. The highest BCUT2D eigenvalue weighted by molar-refractivity contribution is 5.30. The third-order valence-electron chi connectivity index (χ3n) is 3.59. The zero-order valence-electron chi connectivity index (χ0n) is 11.1. The molecule has 1 aromatic heterocycles. The lowest BCUT2D eigenvalue weighted by atomic mass is 10.1. The molecule has 3 rings (SSSR count). The molecule has 4 heteroatoms. The lowest BCUT2D eigenvalue weighted by molar-refractivity contribution is 0.199. The summed E-state index contributed by atoms with van der Waals surface area (Å²) in [5.74, 6) is 0. The van der Waals surface area contributed by atoms with Crippen LogP contribution in [0.1, 0.15) is 18.5 Å². The van der Waals surface area contributed by atoms with Crippen LogP contribution in [0, 0.1) is 0 Å². The summed E-state index contributed by atoms with van der Waals surface area (Å²) in [6.07, 6.45) is 4.37. The second-order valence-corrected chi connectivity index (χ2v) is 5.22. The number of aromatic nitrogens is 2. The number of piperidine rings is 1. The molecule has 0 saturated carbocycles. The van der Waals surface area contributed by atoms with Crippen LogP contribution in [0.4, 0.5) is 0 Å². The van der Waals surface area contributed by atoms with E-state index >= 15 is 0 Å². The van der Waals surface area contributed by atoms with Crippen molar-refractivity contribution in [1.29, 1.82) is 0 Å². The first-order valence-corrected chi connectivity index (χ1v) is 6.89. The Labute approximate surface area is 113 Å². The molecular formula is C15H20N4. The maximum Gasteiger partial charge on any atom is 0.0769 e. The Morgan fingerprint density at radius 1 is 1.21 bits per heavy atom. The zero-order valence-corrected chi connectivity index (χ0v) is 11.1. The van der Waals surface area contributed by atoms with Crippen LogP contribution in [0.15, 0.2) is 42.6 Å². The van der Waals surface area contributed by atoms with Gasteiger partial charge in [-0.3, -0.25) is 4.90 Å². The van der Waals surface area contributed by atoms with Crippen LogP contribution in [0.3, 0.4) is 0 Å². The lowest BCUT2D eigenvalue weighted by Crippen LogP contribution is -2.42. The topological polar surface area (TPSA) is 47.1 Å². The second kappa shape index (κ2) is 5.55. The summed E-state index contributed by atoms with van der Waals surface area (Å²) in [5, 5.41) is 4.63. The summed E-state index contributed by atoms with van der Waals surface area (Å²) >= 11 is 0. The van der Waals surface area contributed by atoms with Crippen molar-refractivity contribution in [2.24, 2.45) is 5.73 Å². The van der Waals surface area contributed by atoms with E-state index in [-0.39, 0.29) is 0 Å². The maximum atomic E-state index is 6.01. The quantitative estimate of drug-likeness (QED) is 0.911. The highest BCUT2D eigenvalue weighted by Gasteiger charge is 2.17. The van der Waals surface area contributed by atoms with Crippen molar-refractivity contribution in [3.8, 4) is 5.69 Å². The van der Waals surface area contributed by atoms with Crippen molar-refractivity contribution >= 4 is 0 Å². The number of hydrogen-bond donors (Lipinski definition) is 1. The summed E-state index contributed by atoms with van der Waals surface area (Å²) in [4.78, 5) is 2.39. The molecule has 19 heavy (non-hydrogen) atoms. The fourth-order valence-corrected chi connectivity index (χ4v) is 2.63. The molecule has 100 valence electrons. The van der Waals surface area contributed by atoms with Gasteiger partial charge < -0.3 is 5.73 Å². The highest BCUT2D eigenvalue weighted by Crippen LogP contribution is 2.13. The summed E-state index contributed by atoms with van der Waals surface area (Å²) in [5.41, 5.74) is 8.22. The Morgan fingerprint density at radius 3 is 2.84 bits per heavy atom. The van der Waals surface area contributed by atoms with Crippen molar-refractivity contribution in [2.75, 3.05) is 13.1 Å². The normalized spacial score (nSPS) is 20.6. The summed E-state index contributed by atoms with van der Waals surface area (Å²) in [6, 6.07) is 12.6. The largest absolute Gasteiger partial charge is 0.327 e. The molecule has 1 saturated heterocycles. The molecule has 0 amide bonds. The van der Waals surface area contributed by atoms with Gasteiger partial charge in [-0.15, -0.1) is 0 Å². The van der Waals surface area contributed by atoms with E-state index in [4.69, 9.17) is 5.73 Å². The Balaban J connectivity index is 1.68. The highest BCUT2D eigenvalue weighted by atomic mass is 15.3. The van der Waals surface area contributed by atoms with Crippen molar-refractivity contribution < 1.29 is 0 Å². The molecule has 2 aromatic rings. The molecule has 4 nitrogen and oxygen atoms in total. The average Bonchev–Trinajstić information content (AvgIpc) is 2.88. The van der Waals surface area contributed by atoms with Crippen LogP contribution >= 0.6 is 0 Å². The fourth-order valence-electron chi connectivity index (χ4n) is 2.63. The van der Waals surface area contributed by atoms with E-state index in [0.29, 0.717) is 6.04 Å². The van der Waals surface area contributed by atoms with Crippen LogP contribution in [-0.2, 0) is 6.54 Å². The molecule has 1 aromatic carbocycles. The minimum absolute atomic E-state index is 0.324. The third-order valence-corrected chi connectivity index (χ3v) is 3.59. The zero-order chi connectivity index (χ0) is 13.1. The van der Waals surface area contributed by atoms with Gasteiger partial charge in [0.15, 0.2) is 0 Å². The van der Waals surface area contributed by atoms with E-state index < -0.39 is 0 Å². The Bertz CT molecular complexity index is 520. The van der Waals surface area contributed by atoms with Crippen molar-refractivity contribution in [1.82, 2.24) is 14.7 Å². The first kappa shape index (κ1) is 12.4. The predicted molar refractivity (Wildman–Crippen MR) is 76.1 cm³/mol. The van der Waals surface area contributed by atoms with Crippen LogP contribution in [0.2, 0.25) is 0 Å². The average molecular weight is 256 g/mol. The van der Waals surface area contributed by atoms with Gasteiger partial charge in [0, 0.05) is 25.3 Å². The standard InChI is InChI=1S/C15H20N4/c16-13-5-4-9-18(11-13)12-14-8-10-19(17-14)15-6-2-1-3-7-15/h1-3,6-8,10,13H,4-5,9,11-12,16H2. The van der Waals surface area contributed by atoms with Crippen molar-refractivity contribution in [2.45, 2.75) is 25.4 Å². The first-order valence-electron chi connectivity index (χ1n) is 6.89. The molecule has 2 heterocycles. The smallest absolute Gasteiger partial charge is 0.0769 e. The Kier molecular flexibility index (Phi) is 3.62. The second-order valence-electron chi connectivity index (χ2n) is 5.22. The van der Waals surface area contributed by atoms with Crippen LogP contribution in [0.25, 0.3) is 5.69 Å². The van der Waals surface area contributed by atoms with Gasteiger partial charge in [-0.1, -0.05) is 18.2 Å². The van der Waals surface area contributed by atoms with Gasteiger partial charge in [-0.25, -0.2) is 4.68 Å². The van der Waals surface area contributed by atoms with Crippen molar-refractivity contribution in [3.63, 3.8) is 0 Å². The summed E-state index contributed by atoms with van der Waals surface area (Å²) in [6.45, 7) is 3.01. The number of para-hydroxylation sites is 1. The molecule has 1 unspecified atom stereocenters. The van der Waals surface area contributed by atoms with Gasteiger partial charge in [0.05, 0.1) is 11.4 Å². The minimum atomic E-state index is 0.324. The molecule has 1 aliphatic rings. The van der Waals surface area contributed by atoms with E-state index in [1.54, 1.807) is 0 Å². The van der Waals surface area contributed by atoms with Gasteiger partial charge in [0.1, 0.15) is 0 Å². The molecule has 1 atom stereocenters. The SMILES string of the molecule is NC1CCCN(Cc2ccn(-c3ccccc3)n2)C1. The van der Waals surface area contributed by atoms with Gasteiger partial charge in [0.25, 0.3) is 0 Å². The summed E-state index contributed by atoms with van der Waals surface area (Å²) in [7, 11) is 0. The molecule has 0 bridgehead atoms. The Morgan fingerprint density at radius 2 is 2.05 bits per heavy atom. The molecule has 1 aliphatic heterocycles. The van der Waals surface area contributed by atoms with Crippen LogP contribution in [0.5, 0.6) is 0 Å². The van der Waals surface area contributed by atoms with Crippen LogP contribution < -0.4 is 5.73 Å². The van der Waals surface area contributed by atoms with Crippen LogP contribution in [-0.4, -0.2) is 33.8 Å². The number of likely N-dealkylation sites (tertiary alicyclic amines) is 1. The molecule has 0 spiro atoms. The van der Waals surface area contributed by atoms with Gasteiger partial charge in [-0.05, 0) is 37.6 Å². The van der Waals surface area contributed by atoms with Gasteiger partial charge in [0.2, 0.25) is 0 Å². The monoisotopic (exact) mass is 256 g/mol. The molecule has 1 fully saturated rings. The molecule has 0 aliphatic carbocycles. The summed E-state index contributed by atoms with van der Waals surface area (Å²) < 4.78 is 1.93. The number of hydrogen-bond acceptors (Lipinski definition) is 3. The van der Waals surface area contributed by atoms with E-state index in [2.05, 4.69) is 28.2 Å². The van der Waals surface area contributed by atoms with E-state index in [1.165, 1.54) is 6.42 Å². The van der Waals surface area contributed by atoms with Gasteiger partial charge in [-0.2, -0.15) is 5.10 Å². The number of nitrogens with two attached hydrogens (primary N) is 1. The predicted octanol–water partition coefficient (Wildman–Crippen LogP) is 1.80. The lowest BCUT2D eigenvalue weighted by Gasteiger charge is -2.29. The first-order chi connectivity index (χ1) is 9.31. The molecule has 0 radical (unpaired) electrons. The van der Waals surface area contributed by atoms with E-state index in [1.807, 2.05) is 29.1 Å². The number of nitrogens with zero attached hydrogens (tertiary/aromatic N) is 3. The number of rotatable bonds is 3. The van der Waals surface area contributed by atoms with Crippen molar-refractivity contribution in [3.05, 3.63) is 48.3 Å². The van der Waals surface area contributed by atoms with Gasteiger partial charge >= 0.3 is 0 Å². The Hall–Kier alpha value is -1.65. The maximum absolute atomic E-state index is 6.01. The fraction of sp³-hybridized carbons (Fsp3) is 0.400. The third kappa shape index (κ3) is 3.03. The van der Waals surface area contributed by atoms with E-state index in [0.717, 1.165) is 37.4 Å². The number of benzene rings is 1. The van der Waals surface area contributed by atoms with E-state index in [9.17, 15) is 0 Å². The molecule has 2 N–H and O–H groups in total.